The zero-order valence-corrected chi connectivity index (χ0v) is 20.3. The molecule has 0 aliphatic carbocycles. The second-order valence-electron chi connectivity index (χ2n) is 9.14. The van der Waals surface area contributed by atoms with Gasteiger partial charge in [0.2, 0.25) is 0 Å². The highest BCUT2D eigenvalue weighted by Gasteiger charge is 2.35. The van der Waals surface area contributed by atoms with Crippen LogP contribution in [-0.2, 0) is 16.1 Å². The van der Waals surface area contributed by atoms with Crippen LogP contribution in [-0.4, -0.2) is 68.2 Å². The molecule has 0 saturated carbocycles. The van der Waals surface area contributed by atoms with Crippen LogP contribution in [0.5, 0.6) is 0 Å². The molecule has 34 heavy (non-hydrogen) atoms. The van der Waals surface area contributed by atoms with E-state index in [4.69, 9.17) is 16.3 Å². The van der Waals surface area contributed by atoms with Crippen LogP contribution in [0.25, 0.3) is 0 Å². The van der Waals surface area contributed by atoms with E-state index in [0.29, 0.717) is 41.7 Å². The Labute approximate surface area is 205 Å². The van der Waals surface area contributed by atoms with Crippen molar-refractivity contribution in [2.24, 2.45) is 5.92 Å². The molecule has 0 aromatic heterocycles. The zero-order valence-electron chi connectivity index (χ0n) is 19.6. The smallest absolute Gasteiger partial charge is 0.305 e. The molecule has 2 saturated heterocycles. The third-order valence-corrected chi connectivity index (χ3v) is 7.50. The van der Waals surface area contributed by atoms with E-state index in [1.54, 1.807) is 18.2 Å². The molecule has 0 radical (unpaired) electrons. The number of nitrogens with zero attached hydrogens (tertiary/aromatic N) is 3. The fraction of sp³-hybridized carbons (Fsp3) is 0.500. The van der Waals surface area contributed by atoms with Gasteiger partial charge in [-0.1, -0.05) is 29.8 Å². The van der Waals surface area contributed by atoms with Crippen LogP contribution in [0.15, 0.2) is 42.5 Å². The van der Waals surface area contributed by atoms with Crippen molar-refractivity contribution < 1.29 is 18.3 Å². The van der Waals surface area contributed by atoms with Crippen LogP contribution < -0.4 is 4.90 Å². The van der Waals surface area contributed by atoms with Crippen LogP contribution in [0.3, 0.4) is 0 Å². The number of para-hydroxylation sites is 1. The van der Waals surface area contributed by atoms with E-state index in [0.717, 1.165) is 45.7 Å². The summed E-state index contributed by atoms with van der Waals surface area (Å²) in [7, 11) is 1.41. The molecule has 2 heterocycles. The number of carbonyl (C=O) groups is 1. The molecule has 0 spiro atoms. The molecule has 0 bridgehead atoms. The summed E-state index contributed by atoms with van der Waals surface area (Å²) in [6, 6.07) is 12.0. The van der Waals surface area contributed by atoms with Crippen molar-refractivity contribution in [1.29, 1.82) is 0 Å². The molecule has 2 aromatic carbocycles. The molecule has 0 amide bonds. The highest BCUT2D eigenvalue weighted by Crippen LogP contribution is 2.31. The Balaban J connectivity index is 1.42. The summed E-state index contributed by atoms with van der Waals surface area (Å²) in [5, 5.41) is 0.442. The van der Waals surface area contributed by atoms with Crippen molar-refractivity contribution in [2.45, 2.75) is 31.8 Å². The molecule has 2 aliphatic heterocycles. The van der Waals surface area contributed by atoms with E-state index < -0.39 is 0 Å². The Morgan fingerprint density at radius 2 is 1.76 bits per heavy atom. The second kappa shape index (κ2) is 11.5. The molecule has 8 heteroatoms. The number of esters is 1. The first-order valence-electron chi connectivity index (χ1n) is 11.9. The Bertz CT molecular complexity index is 964. The van der Waals surface area contributed by atoms with Gasteiger partial charge in [-0.05, 0) is 49.6 Å². The Kier molecular flexibility index (Phi) is 8.40. The van der Waals surface area contributed by atoms with Gasteiger partial charge in [-0.15, -0.1) is 0 Å². The molecule has 184 valence electrons. The molecule has 4 rings (SSSR count). The topological polar surface area (TPSA) is 36.0 Å². The number of piperazine rings is 1. The van der Waals surface area contributed by atoms with Gasteiger partial charge in [-0.2, -0.15) is 0 Å². The number of piperidine rings is 1. The van der Waals surface area contributed by atoms with E-state index in [1.807, 2.05) is 12.1 Å². The minimum atomic E-state index is -0.287. The Morgan fingerprint density at radius 3 is 2.47 bits per heavy atom. The van der Waals surface area contributed by atoms with Gasteiger partial charge in [-0.3, -0.25) is 14.6 Å². The molecular formula is C26H32ClF2N3O2. The predicted molar refractivity (Wildman–Crippen MR) is 130 cm³/mol. The second-order valence-corrected chi connectivity index (χ2v) is 9.55. The first kappa shape index (κ1) is 24.9. The fourth-order valence-electron chi connectivity index (χ4n) is 5.32. The van der Waals surface area contributed by atoms with Gasteiger partial charge in [0.15, 0.2) is 0 Å². The number of ether oxygens (including phenoxy) is 1. The normalized spacial score (nSPS) is 22.1. The first-order chi connectivity index (χ1) is 16.5. The number of halogens is 3. The summed E-state index contributed by atoms with van der Waals surface area (Å²) in [6.45, 7) is 5.25. The van der Waals surface area contributed by atoms with E-state index in [-0.39, 0.29) is 23.5 Å². The highest BCUT2D eigenvalue weighted by molar-refractivity contribution is 6.31. The summed E-state index contributed by atoms with van der Waals surface area (Å²) < 4.78 is 33.5. The molecule has 5 nitrogen and oxygen atoms in total. The highest BCUT2D eigenvalue weighted by atomic mass is 35.5. The van der Waals surface area contributed by atoms with Crippen molar-refractivity contribution in [2.75, 3.05) is 51.3 Å². The lowest BCUT2D eigenvalue weighted by Gasteiger charge is -2.47. The van der Waals surface area contributed by atoms with Crippen molar-refractivity contribution in [1.82, 2.24) is 9.80 Å². The van der Waals surface area contributed by atoms with Gasteiger partial charge >= 0.3 is 5.97 Å². The summed E-state index contributed by atoms with van der Waals surface area (Å²) in [6.07, 6.45) is 2.01. The molecule has 2 aromatic rings. The van der Waals surface area contributed by atoms with Gasteiger partial charge < -0.3 is 9.64 Å². The number of anilines is 1. The lowest BCUT2D eigenvalue weighted by atomic mass is 9.86. The van der Waals surface area contributed by atoms with Gasteiger partial charge in [0.1, 0.15) is 11.6 Å². The third-order valence-electron chi connectivity index (χ3n) is 7.14. The molecule has 0 unspecified atom stereocenters. The standard InChI is InChI=1S/C26H32ClF2N3O2/c1-34-26(33)10-9-19-17-30(18-20-21(27)5-4-7-22(20)28)12-11-24(19)31-13-15-32(16-14-31)25-8-3-2-6-23(25)29/h2-8,19,24H,9-18H2,1H3/t19-,24+/m1/s1. The lowest BCUT2D eigenvalue weighted by molar-refractivity contribution is -0.141. The van der Waals surface area contributed by atoms with Crippen molar-refractivity contribution >= 4 is 23.3 Å². The summed E-state index contributed by atoms with van der Waals surface area (Å²) in [5.74, 6) is -0.437. The van der Waals surface area contributed by atoms with Crippen LogP contribution in [0, 0.1) is 17.6 Å². The SMILES string of the molecule is COC(=O)CC[C@@H]1CN(Cc2c(F)cccc2Cl)CC[C@@H]1N1CCN(c2ccccc2F)CC1. The minimum Gasteiger partial charge on any atom is -0.469 e. The van der Waals surface area contributed by atoms with Gasteiger partial charge in [0.05, 0.1) is 12.8 Å². The van der Waals surface area contributed by atoms with Crippen LogP contribution in [0.1, 0.15) is 24.8 Å². The Morgan fingerprint density at radius 1 is 1.03 bits per heavy atom. The molecule has 2 aliphatic rings. The van der Waals surface area contributed by atoms with E-state index >= 15 is 0 Å². The summed E-state index contributed by atoms with van der Waals surface area (Å²) >= 11 is 6.26. The maximum atomic E-state index is 14.4. The monoisotopic (exact) mass is 491 g/mol. The minimum absolute atomic E-state index is 0.188. The van der Waals surface area contributed by atoms with E-state index in [1.165, 1.54) is 19.2 Å². The van der Waals surface area contributed by atoms with Crippen molar-refractivity contribution in [3.05, 3.63) is 64.7 Å². The van der Waals surface area contributed by atoms with E-state index in [9.17, 15) is 13.6 Å². The predicted octanol–water partition coefficient (Wildman–Crippen LogP) is 4.58. The number of methoxy groups -OCH3 is 1. The number of benzene rings is 2. The maximum absolute atomic E-state index is 14.4. The van der Waals surface area contributed by atoms with Crippen LogP contribution in [0.2, 0.25) is 5.02 Å². The number of carbonyl (C=O) groups excluding carboxylic acids is 1. The number of rotatable bonds is 7. The fourth-order valence-corrected chi connectivity index (χ4v) is 5.54. The van der Waals surface area contributed by atoms with Gasteiger partial charge in [-0.25, -0.2) is 8.78 Å². The zero-order chi connectivity index (χ0) is 24.1. The molecule has 2 fully saturated rings. The average Bonchev–Trinajstić information content (AvgIpc) is 2.85. The van der Waals surface area contributed by atoms with Gasteiger partial charge in [0, 0.05) is 62.3 Å². The number of hydrogen-bond donors (Lipinski definition) is 0. The van der Waals surface area contributed by atoms with Crippen molar-refractivity contribution in [3.63, 3.8) is 0 Å². The first-order valence-corrected chi connectivity index (χ1v) is 12.3. The molecule has 2 atom stereocenters. The average molecular weight is 492 g/mol. The quantitative estimate of drug-likeness (QED) is 0.530. The number of hydrogen-bond acceptors (Lipinski definition) is 5. The molecular weight excluding hydrogens is 460 g/mol. The largest absolute Gasteiger partial charge is 0.469 e. The van der Waals surface area contributed by atoms with E-state index in [2.05, 4.69) is 14.7 Å². The number of likely N-dealkylation sites (tertiary alicyclic amines) is 1. The molecule has 0 N–H and O–H groups in total. The van der Waals surface area contributed by atoms with Crippen LogP contribution >= 0.6 is 11.6 Å². The lowest BCUT2D eigenvalue weighted by Crippen LogP contribution is -2.56. The third kappa shape index (κ3) is 5.88. The summed E-state index contributed by atoms with van der Waals surface area (Å²) in [4.78, 5) is 18.7. The maximum Gasteiger partial charge on any atom is 0.305 e. The van der Waals surface area contributed by atoms with Gasteiger partial charge in [0.25, 0.3) is 0 Å². The van der Waals surface area contributed by atoms with Crippen LogP contribution in [0.4, 0.5) is 14.5 Å². The Hall–Kier alpha value is -2.22. The van der Waals surface area contributed by atoms with Crippen molar-refractivity contribution in [3.8, 4) is 0 Å². The summed E-state index contributed by atoms with van der Waals surface area (Å²) in [5.41, 5.74) is 1.17.